The summed E-state index contributed by atoms with van der Waals surface area (Å²) >= 11 is 0. The molecule has 8 nitrogen and oxygen atoms in total. The molecule has 0 aromatic heterocycles. The van der Waals surface area contributed by atoms with Gasteiger partial charge in [-0.25, -0.2) is 4.79 Å². The summed E-state index contributed by atoms with van der Waals surface area (Å²) in [5.74, 6) is -1.12. The van der Waals surface area contributed by atoms with Crippen LogP contribution in [0, 0.1) is 0 Å². The van der Waals surface area contributed by atoms with Crippen LogP contribution < -0.4 is 10.2 Å². The number of rotatable bonds is 6. The minimum Gasteiger partial charge on any atom is -0.480 e. The SMILES string of the molecule is CC(C)(C)OC(=O)N1c2ccccc2C[C@@H]1C(=O)C([C@H]1CC[C@@H](c2ccccc2)N1)N1Cc2ccccc2C[C@@H]1C(=O)O. The van der Waals surface area contributed by atoms with E-state index in [4.69, 9.17) is 4.74 Å². The Balaban J connectivity index is 1.40. The smallest absolute Gasteiger partial charge is 0.415 e. The van der Waals surface area contributed by atoms with E-state index in [1.165, 1.54) is 4.90 Å². The molecule has 3 heterocycles. The van der Waals surface area contributed by atoms with E-state index in [2.05, 4.69) is 17.4 Å². The largest absolute Gasteiger partial charge is 0.480 e. The lowest BCUT2D eigenvalue weighted by Crippen LogP contribution is -2.63. The van der Waals surface area contributed by atoms with Gasteiger partial charge in [0.1, 0.15) is 17.7 Å². The number of fused-ring (bicyclic) bond motifs is 2. The van der Waals surface area contributed by atoms with Crippen LogP contribution in [0.25, 0.3) is 0 Å². The maximum atomic E-state index is 15.0. The Kier molecular flexibility index (Phi) is 7.83. The van der Waals surface area contributed by atoms with Crippen LogP contribution in [0.2, 0.25) is 0 Å². The topological polar surface area (TPSA) is 99.2 Å². The summed E-state index contributed by atoms with van der Waals surface area (Å²) in [4.78, 5) is 44.8. The fourth-order valence-corrected chi connectivity index (χ4v) is 6.97. The quantitative estimate of drug-likeness (QED) is 0.408. The van der Waals surface area contributed by atoms with E-state index < -0.39 is 35.8 Å². The second-order valence-electron chi connectivity index (χ2n) is 12.9. The highest BCUT2D eigenvalue weighted by Gasteiger charge is 2.50. The first-order chi connectivity index (χ1) is 20.6. The second kappa shape index (κ2) is 11.6. The third-order valence-electron chi connectivity index (χ3n) is 8.88. The Morgan fingerprint density at radius 3 is 2.16 bits per heavy atom. The molecule has 3 aliphatic rings. The second-order valence-corrected chi connectivity index (χ2v) is 12.9. The molecule has 8 heteroatoms. The van der Waals surface area contributed by atoms with Crippen LogP contribution in [0.15, 0.2) is 78.9 Å². The lowest BCUT2D eigenvalue weighted by Gasteiger charge is -2.43. The van der Waals surface area contributed by atoms with Crippen molar-refractivity contribution in [3.63, 3.8) is 0 Å². The van der Waals surface area contributed by atoms with Crippen molar-refractivity contribution >= 4 is 23.5 Å². The highest BCUT2D eigenvalue weighted by molar-refractivity contribution is 6.03. The summed E-state index contributed by atoms with van der Waals surface area (Å²) in [7, 11) is 0. The number of amides is 1. The summed E-state index contributed by atoms with van der Waals surface area (Å²) < 4.78 is 5.80. The summed E-state index contributed by atoms with van der Waals surface area (Å²) in [6, 6.07) is 22.8. The standard InChI is InChI=1S/C35H39N3O5/c1-35(2,3)43-34(42)38-28-16-10-9-14-24(28)20-29(38)32(39)31(27-18-17-26(36-27)22-11-5-4-6-12-22)37-21-25-15-8-7-13-23(25)19-30(37)33(40)41/h4-16,26-27,29-31,36H,17-21H2,1-3H3,(H,40,41)/t26-,27+,29+,30+,31?/m0/s1. The van der Waals surface area contributed by atoms with E-state index in [-0.39, 0.29) is 17.9 Å². The minimum atomic E-state index is -0.955. The molecule has 3 aromatic carbocycles. The lowest BCUT2D eigenvalue weighted by atomic mass is 9.87. The molecule has 6 rings (SSSR count). The molecule has 1 amide bonds. The third-order valence-corrected chi connectivity index (χ3v) is 8.88. The monoisotopic (exact) mass is 581 g/mol. The molecular weight excluding hydrogens is 542 g/mol. The zero-order chi connectivity index (χ0) is 30.3. The summed E-state index contributed by atoms with van der Waals surface area (Å²) in [5.41, 5.74) is 3.96. The van der Waals surface area contributed by atoms with Gasteiger partial charge in [0.25, 0.3) is 0 Å². The number of carbonyl (C=O) groups excluding carboxylic acids is 2. The van der Waals surface area contributed by atoms with Gasteiger partial charge in [-0.15, -0.1) is 0 Å². The predicted octanol–water partition coefficient (Wildman–Crippen LogP) is 5.30. The Morgan fingerprint density at radius 1 is 0.837 bits per heavy atom. The van der Waals surface area contributed by atoms with Gasteiger partial charge < -0.3 is 15.2 Å². The molecule has 0 bridgehead atoms. The van der Waals surface area contributed by atoms with Crippen molar-refractivity contribution in [2.24, 2.45) is 0 Å². The van der Waals surface area contributed by atoms with Crippen molar-refractivity contribution in [1.29, 1.82) is 0 Å². The van der Waals surface area contributed by atoms with Crippen LogP contribution in [-0.2, 0) is 33.7 Å². The molecule has 1 unspecified atom stereocenters. The number of ketones is 1. The van der Waals surface area contributed by atoms with Crippen molar-refractivity contribution < 1.29 is 24.2 Å². The Hall–Kier alpha value is -4.01. The van der Waals surface area contributed by atoms with E-state index >= 15 is 0 Å². The molecule has 0 radical (unpaired) electrons. The Bertz CT molecular complexity index is 1520. The average Bonchev–Trinajstić information content (AvgIpc) is 3.62. The van der Waals surface area contributed by atoms with E-state index in [1.54, 1.807) is 20.8 Å². The number of hydrogen-bond acceptors (Lipinski definition) is 6. The molecule has 5 atom stereocenters. The number of anilines is 1. The number of nitrogens with one attached hydrogen (secondary N) is 1. The average molecular weight is 582 g/mol. The molecule has 1 fully saturated rings. The summed E-state index contributed by atoms with van der Waals surface area (Å²) in [5, 5.41) is 14.2. The number of para-hydroxylation sites is 1. The lowest BCUT2D eigenvalue weighted by molar-refractivity contribution is -0.147. The van der Waals surface area contributed by atoms with Crippen LogP contribution in [0.1, 0.15) is 61.9 Å². The maximum absolute atomic E-state index is 15.0. The van der Waals surface area contributed by atoms with E-state index in [1.807, 2.05) is 71.6 Å². The first-order valence-electron chi connectivity index (χ1n) is 15.1. The van der Waals surface area contributed by atoms with E-state index in [0.29, 0.717) is 31.5 Å². The van der Waals surface area contributed by atoms with Gasteiger partial charge in [0.15, 0.2) is 5.78 Å². The first-order valence-corrected chi connectivity index (χ1v) is 15.1. The Morgan fingerprint density at radius 2 is 1.47 bits per heavy atom. The van der Waals surface area contributed by atoms with Gasteiger partial charge in [-0.2, -0.15) is 0 Å². The number of carboxylic acid groups (broad SMARTS) is 1. The molecule has 0 aliphatic carbocycles. The predicted molar refractivity (Wildman–Crippen MR) is 164 cm³/mol. The van der Waals surface area contributed by atoms with Crippen LogP contribution in [0.4, 0.5) is 10.5 Å². The number of Topliss-reactive ketones (excluding diaryl/α,β-unsaturated/α-hetero) is 1. The number of carboxylic acids is 1. The number of benzene rings is 3. The van der Waals surface area contributed by atoms with Crippen molar-refractivity contribution in [2.75, 3.05) is 4.90 Å². The fourth-order valence-electron chi connectivity index (χ4n) is 6.97. The van der Waals surface area contributed by atoms with Gasteiger partial charge in [0.05, 0.1) is 11.7 Å². The van der Waals surface area contributed by atoms with Crippen LogP contribution in [-0.4, -0.2) is 57.6 Å². The van der Waals surface area contributed by atoms with Crippen LogP contribution in [0.5, 0.6) is 0 Å². The van der Waals surface area contributed by atoms with Gasteiger partial charge in [0, 0.05) is 25.0 Å². The van der Waals surface area contributed by atoms with Crippen LogP contribution >= 0.6 is 0 Å². The maximum Gasteiger partial charge on any atom is 0.415 e. The highest BCUT2D eigenvalue weighted by Crippen LogP contribution is 2.38. The summed E-state index contributed by atoms with van der Waals surface area (Å²) in [6.45, 7) is 5.76. The van der Waals surface area contributed by atoms with E-state index in [0.717, 1.165) is 28.7 Å². The molecule has 224 valence electrons. The van der Waals surface area contributed by atoms with Gasteiger partial charge in [-0.1, -0.05) is 72.8 Å². The summed E-state index contributed by atoms with van der Waals surface area (Å²) in [6.07, 6.45) is 1.61. The number of carbonyl (C=O) groups is 3. The normalized spacial score (nSPS) is 24.2. The highest BCUT2D eigenvalue weighted by atomic mass is 16.6. The van der Waals surface area contributed by atoms with Crippen LogP contribution in [0.3, 0.4) is 0 Å². The zero-order valence-electron chi connectivity index (χ0n) is 24.9. The van der Waals surface area contributed by atoms with Gasteiger partial charge in [-0.05, 0) is 68.4 Å². The molecule has 0 saturated carbocycles. The van der Waals surface area contributed by atoms with Gasteiger partial charge >= 0.3 is 12.1 Å². The molecular formula is C35H39N3O5. The Labute approximate surface area is 252 Å². The van der Waals surface area contributed by atoms with E-state index in [9.17, 15) is 19.5 Å². The molecule has 3 aliphatic heterocycles. The molecule has 2 N–H and O–H groups in total. The number of aliphatic carboxylic acids is 1. The molecule has 1 saturated heterocycles. The number of ether oxygens (including phenoxy) is 1. The first kappa shape index (κ1) is 29.1. The number of nitrogens with zero attached hydrogens (tertiary/aromatic N) is 2. The third kappa shape index (κ3) is 5.82. The number of hydrogen-bond donors (Lipinski definition) is 2. The molecule has 3 aromatic rings. The van der Waals surface area contributed by atoms with Crippen molar-refractivity contribution in [2.45, 2.75) is 88.8 Å². The van der Waals surface area contributed by atoms with Crippen molar-refractivity contribution in [3.8, 4) is 0 Å². The van der Waals surface area contributed by atoms with Gasteiger partial charge in [-0.3, -0.25) is 19.4 Å². The zero-order valence-corrected chi connectivity index (χ0v) is 24.9. The molecule has 43 heavy (non-hydrogen) atoms. The van der Waals surface area contributed by atoms with Crippen molar-refractivity contribution in [3.05, 3.63) is 101 Å². The molecule has 0 spiro atoms. The van der Waals surface area contributed by atoms with Crippen molar-refractivity contribution in [1.82, 2.24) is 10.2 Å². The van der Waals surface area contributed by atoms with Gasteiger partial charge in [0.2, 0.25) is 0 Å². The fraction of sp³-hybridized carbons (Fsp3) is 0.400. The minimum absolute atomic E-state index is 0.0459.